The van der Waals surface area contributed by atoms with Gasteiger partial charge in [0.15, 0.2) is 12.6 Å². The van der Waals surface area contributed by atoms with Crippen LogP contribution < -0.4 is 15.7 Å². The van der Waals surface area contributed by atoms with Gasteiger partial charge in [-0.3, -0.25) is 4.79 Å². The topological polar surface area (TPSA) is 126 Å². The van der Waals surface area contributed by atoms with Gasteiger partial charge in [-0.15, -0.1) is 0 Å². The van der Waals surface area contributed by atoms with Crippen LogP contribution in [0.2, 0.25) is 0 Å². The molecule has 8 nitrogen and oxygen atoms in total. The lowest BCUT2D eigenvalue weighted by Crippen LogP contribution is -2.36. The summed E-state index contributed by atoms with van der Waals surface area (Å²) < 4.78 is 11.1. The predicted molar refractivity (Wildman–Crippen MR) is 117 cm³/mol. The highest BCUT2D eigenvalue weighted by molar-refractivity contribution is 6.05. The van der Waals surface area contributed by atoms with Crippen molar-refractivity contribution in [1.82, 2.24) is 5.32 Å². The highest BCUT2D eigenvalue weighted by Gasteiger charge is 2.22. The average Bonchev–Trinajstić information content (AvgIpc) is 2.78. The summed E-state index contributed by atoms with van der Waals surface area (Å²) in [5.74, 6) is -1.58. The summed E-state index contributed by atoms with van der Waals surface area (Å²) in [5.41, 5.74) is 0.745. The molecular formula is C24H19NO7. The van der Waals surface area contributed by atoms with Gasteiger partial charge in [0.2, 0.25) is 0 Å². The first-order valence-electron chi connectivity index (χ1n) is 9.74. The second-order valence-electron chi connectivity index (χ2n) is 7.22. The largest absolute Gasteiger partial charge is 0.508 e. The number of benzene rings is 3. The van der Waals surface area contributed by atoms with Gasteiger partial charge >= 0.3 is 11.6 Å². The molecule has 8 heteroatoms. The number of carboxylic acid groups (broad SMARTS) is 1. The van der Waals surface area contributed by atoms with Crippen LogP contribution >= 0.6 is 0 Å². The Morgan fingerprint density at radius 3 is 2.38 bits per heavy atom. The zero-order valence-electron chi connectivity index (χ0n) is 17.0. The van der Waals surface area contributed by atoms with Crippen molar-refractivity contribution in [3.05, 3.63) is 82.2 Å². The lowest BCUT2D eigenvalue weighted by atomic mass is 10.0. The summed E-state index contributed by atoms with van der Waals surface area (Å²) in [6.07, 6.45) is 0. The fourth-order valence-corrected chi connectivity index (χ4v) is 3.52. The third-order valence-corrected chi connectivity index (χ3v) is 5.13. The monoisotopic (exact) mass is 433 g/mol. The van der Waals surface area contributed by atoms with E-state index >= 15 is 0 Å². The van der Waals surface area contributed by atoms with Crippen LogP contribution in [0.1, 0.15) is 17.2 Å². The van der Waals surface area contributed by atoms with E-state index in [2.05, 4.69) is 5.32 Å². The number of carbonyl (C=O) groups excluding carboxylic acids is 1. The van der Waals surface area contributed by atoms with Crippen LogP contribution in [0.5, 0.6) is 11.5 Å². The van der Waals surface area contributed by atoms with Crippen molar-refractivity contribution >= 4 is 33.6 Å². The van der Waals surface area contributed by atoms with Gasteiger partial charge in [0, 0.05) is 10.9 Å². The minimum atomic E-state index is -1.30. The van der Waals surface area contributed by atoms with E-state index in [0.29, 0.717) is 27.8 Å². The van der Waals surface area contributed by atoms with Gasteiger partial charge in [0.1, 0.15) is 17.1 Å². The third-order valence-electron chi connectivity index (χ3n) is 5.13. The van der Waals surface area contributed by atoms with Gasteiger partial charge in [-0.05, 0) is 48.2 Å². The van der Waals surface area contributed by atoms with E-state index in [9.17, 15) is 24.6 Å². The Hall–Kier alpha value is -4.33. The molecule has 0 aliphatic rings. The Bertz CT molecular complexity index is 1390. The first kappa shape index (κ1) is 20.9. The maximum absolute atomic E-state index is 12.4. The zero-order chi connectivity index (χ0) is 22.8. The number of aromatic hydroxyl groups is 1. The summed E-state index contributed by atoms with van der Waals surface area (Å²) in [6, 6.07) is 14.7. The Balaban J connectivity index is 1.54. The number of hydrogen-bond donors (Lipinski definition) is 3. The first-order valence-corrected chi connectivity index (χ1v) is 9.74. The molecular weight excluding hydrogens is 414 g/mol. The average molecular weight is 433 g/mol. The fourth-order valence-electron chi connectivity index (χ4n) is 3.52. The molecule has 0 bridgehead atoms. The number of phenols is 1. The standard InChI is InChI=1S/C24H19NO7/c1-13-19(11-10-17-16-4-2-3-5-18(16)24(30)32-22(13)17)31-12-20(27)25-21(23(28)29)14-6-8-15(26)9-7-14/h2-11,21,26H,12H2,1H3,(H,25,27)(H,28,29). The highest BCUT2D eigenvalue weighted by Crippen LogP contribution is 2.30. The summed E-state index contributed by atoms with van der Waals surface area (Å²) >= 11 is 0. The zero-order valence-corrected chi connectivity index (χ0v) is 17.0. The molecule has 0 fully saturated rings. The van der Waals surface area contributed by atoms with E-state index in [-0.39, 0.29) is 5.75 Å². The van der Waals surface area contributed by atoms with Crippen molar-refractivity contribution in [3.8, 4) is 11.5 Å². The molecule has 1 heterocycles. The van der Waals surface area contributed by atoms with Crippen LogP contribution in [0.15, 0.2) is 69.9 Å². The Morgan fingerprint density at radius 2 is 1.69 bits per heavy atom. The maximum Gasteiger partial charge on any atom is 0.344 e. The van der Waals surface area contributed by atoms with Crippen LogP contribution in [-0.2, 0) is 9.59 Å². The number of carboxylic acids is 1. The van der Waals surface area contributed by atoms with Crippen molar-refractivity contribution in [2.24, 2.45) is 0 Å². The predicted octanol–water partition coefficient (Wildman–Crippen LogP) is 3.28. The van der Waals surface area contributed by atoms with Crippen molar-refractivity contribution in [2.45, 2.75) is 13.0 Å². The Labute approximate surface area is 181 Å². The molecule has 1 aromatic heterocycles. The molecule has 4 aromatic rings. The molecule has 0 aliphatic heterocycles. The quantitative estimate of drug-likeness (QED) is 0.315. The number of nitrogens with one attached hydrogen (secondary N) is 1. The number of aliphatic carboxylic acids is 1. The van der Waals surface area contributed by atoms with E-state index < -0.39 is 30.2 Å². The van der Waals surface area contributed by atoms with Crippen LogP contribution in [0.25, 0.3) is 21.7 Å². The van der Waals surface area contributed by atoms with Crippen molar-refractivity contribution in [1.29, 1.82) is 0 Å². The molecule has 3 aromatic carbocycles. The molecule has 0 saturated carbocycles. The smallest absolute Gasteiger partial charge is 0.344 e. The second kappa shape index (κ2) is 8.43. The number of phenolic OH excluding ortho intramolecular Hbond substituents is 1. The number of rotatable bonds is 6. The fraction of sp³-hybridized carbons (Fsp3) is 0.125. The minimum absolute atomic E-state index is 0.0150. The number of carbonyl (C=O) groups is 2. The van der Waals surface area contributed by atoms with Gasteiger partial charge in [-0.1, -0.05) is 30.3 Å². The molecule has 32 heavy (non-hydrogen) atoms. The van der Waals surface area contributed by atoms with E-state index in [0.717, 1.165) is 10.8 Å². The van der Waals surface area contributed by atoms with Crippen LogP contribution in [0.3, 0.4) is 0 Å². The first-order chi connectivity index (χ1) is 15.3. The van der Waals surface area contributed by atoms with Gasteiger partial charge in [-0.2, -0.15) is 0 Å². The molecule has 0 aliphatic carbocycles. The van der Waals surface area contributed by atoms with Gasteiger partial charge in [-0.25, -0.2) is 9.59 Å². The molecule has 1 atom stereocenters. The van der Waals surface area contributed by atoms with E-state index in [1.807, 2.05) is 12.1 Å². The highest BCUT2D eigenvalue weighted by atomic mass is 16.5. The van der Waals surface area contributed by atoms with Gasteiger partial charge in [0.05, 0.1) is 5.39 Å². The molecule has 0 spiro atoms. The Morgan fingerprint density at radius 1 is 1.00 bits per heavy atom. The van der Waals surface area contributed by atoms with Crippen LogP contribution in [0.4, 0.5) is 0 Å². The molecule has 162 valence electrons. The molecule has 3 N–H and O–H groups in total. The third kappa shape index (κ3) is 3.98. The van der Waals surface area contributed by atoms with E-state index in [4.69, 9.17) is 9.15 Å². The molecule has 1 unspecified atom stereocenters. The van der Waals surface area contributed by atoms with Crippen LogP contribution in [0, 0.1) is 6.92 Å². The second-order valence-corrected chi connectivity index (χ2v) is 7.22. The minimum Gasteiger partial charge on any atom is -0.508 e. The maximum atomic E-state index is 12.4. The van der Waals surface area contributed by atoms with E-state index in [1.54, 1.807) is 31.2 Å². The molecule has 4 rings (SSSR count). The summed E-state index contributed by atoms with van der Waals surface area (Å²) in [4.78, 5) is 36.2. The SMILES string of the molecule is Cc1c(OCC(=O)NC(C(=O)O)c2ccc(O)cc2)ccc2c1oc(=O)c1ccccc12. The lowest BCUT2D eigenvalue weighted by Gasteiger charge is -2.16. The van der Waals surface area contributed by atoms with Crippen molar-refractivity contribution < 1.29 is 29.0 Å². The number of hydrogen-bond acceptors (Lipinski definition) is 6. The Kier molecular flexibility index (Phi) is 5.51. The lowest BCUT2D eigenvalue weighted by molar-refractivity contribution is -0.142. The molecule has 0 saturated heterocycles. The van der Waals surface area contributed by atoms with Crippen molar-refractivity contribution in [3.63, 3.8) is 0 Å². The number of amides is 1. The van der Waals surface area contributed by atoms with Crippen molar-refractivity contribution in [2.75, 3.05) is 6.61 Å². The molecule has 0 radical (unpaired) electrons. The molecule has 1 amide bonds. The summed E-state index contributed by atoms with van der Waals surface area (Å²) in [7, 11) is 0. The summed E-state index contributed by atoms with van der Waals surface area (Å²) in [6.45, 7) is 1.27. The number of fused-ring (bicyclic) bond motifs is 3. The summed E-state index contributed by atoms with van der Waals surface area (Å²) in [5, 5.41) is 23.2. The van der Waals surface area contributed by atoms with E-state index in [1.165, 1.54) is 24.3 Å². The normalized spacial score (nSPS) is 11.9. The van der Waals surface area contributed by atoms with Crippen LogP contribution in [-0.4, -0.2) is 28.7 Å². The number of aryl methyl sites for hydroxylation is 1. The van der Waals surface area contributed by atoms with Gasteiger partial charge < -0.3 is 24.7 Å². The van der Waals surface area contributed by atoms with Gasteiger partial charge in [0.25, 0.3) is 5.91 Å². The number of ether oxygens (including phenoxy) is 1.